The Morgan fingerprint density at radius 2 is 1.58 bits per heavy atom. The van der Waals surface area contributed by atoms with Crippen LogP contribution in [0.25, 0.3) is 6.08 Å². The summed E-state index contributed by atoms with van der Waals surface area (Å²) in [7, 11) is -4.10. The van der Waals surface area contributed by atoms with E-state index in [9.17, 15) is 13.2 Å². The van der Waals surface area contributed by atoms with Gasteiger partial charge in [-0.25, -0.2) is 8.42 Å². The van der Waals surface area contributed by atoms with Crippen LogP contribution in [0.5, 0.6) is 5.75 Å². The zero-order valence-electron chi connectivity index (χ0n) is 17.6. The van der Waals surface area contributed by atoms with Gasteiger partial charge in [0.2, 0.25) is 0 Å². The summed E-state index contributed by atoms with van der Waals surface area (Å²) in [6.45, 7) is 4.43. The summed E-state index contributed by atoms with van der Waals surface area (Å²) in [4.78, 5) is 13.2. The second-order valence-electron chi connectivity index (χ2n) is 6.98. The monoisotopic (exact) mass is 435 g/mol. The molecule has 0 fully saturated rings. The molecular formula is C25H25NO4S. The molecule has 0 atom stereocenters. The van der Waals surface area contributed by atoms with E-state index >= 15 is 0 Å². The van der Waals surface area contributed by atoms with E-state index in [0.29, 0.717) is 17.9 Å². The van der Waals surface area contributed by atoms with E-state index in [1.807, 2.05) is 38.1 Å². The first-order chi connectivity index (χ1) is 14.9. The minimum atomic E-state index is -4.10. The maximum Gasteiger partial charge on any atom is 0.271 e. The minimum absolute atomic E-state index is 0.0513. The molecule has 0 N–H and O–H groups in total. The summed E-state index contributed by atoms with van der Waals surface area (Å²) in [5, 5.41) is 0. The summed E-state index contributed by atoms with van der Waals surface area (Å²) in [5.41, 5.74) is 1.90. The lowest BCUT2D eigenvalue weighted by Crippen LogP contribution is -2.35. The Kier molecular flexibility index (Phi) is 7.26. The number of carbonyl (C=O) groups is 1. The number of benzene rings is 3. The molecule has 0 saturated heterocycles. The van der Waals surface area contributed by atoms with Crippen molar-refractivity contribution in [2.24, 2.45) is 0 Å². The Balaban J connectivity index is 1.99. The van der Waals surface area contributed by atoms with Gasteiger partial charge in [-0.05, 0) is 49.8 Å². The number of rotatable bonds is 8. The fraction of sp³-hybridized carbons (Fsp3) is 0.160. The smallest absolute Gasteiger partial charge is 0.271 e. The Labute approximate surface area is 183 Å². The number of hydrogen-bond donors (Lipinski definition) is 0. The zero-order valence-corrected chi connectivity index (χ0v) is 18.4. The van der Waals surface area contributed by atoms with E-state index in [2.05, 4.69) is 0 Å². The second-order valence-corrected chi connectivity index (χ2v) is 8.76. The van der Waals surface area contributed by atoms with Crippen molar-refractivity contribution < 1.29 is 17.9 Å². The van der Waals surface area contributed by atoms with Crippen LogP contribution in [0.2, 0.25) is 0 Å². The molecule has 0 aliphatic carbocycles. The number of ether oxygens (including phenoxy) is 1. The largest absolute Gasteiger partial charge is 0.493 e. The minimum Gasteiger partial charge on any atom is -0.493 e. The number of para-hydroxylation sites is 2. The standard InChI is InChI=1S/C25H25NO4S/c1-3-19-30-24-12-8-7-9-21(24)15-18-25(27)26(22-10-5-4-6-11-22)31(28,29)23-16-13-20(2)14-17-23/h4-18H,3,19H2,1-2H3/b18-15+. The van der Waals surface area contributed by atoms with Crippen molar-refractivity contribution in [1.29, 1.82) is 0 Å². The summed E-state index contributed by atoms with van der Waals surface area (Å²) in [5.74, 6) is -0.0295. The lowest BCUT2D eigenvalue weighted by atomic mass is 10.2. The van der Waals surface area contributed by atoms with Crippen LogP contribution < -0.4 is 9.04 Å². The van der Waals surface area contributed by atoms with E-state index in [0.717, 1.165) is 16.3 Å². The van der Waals surface area contributed by atoms with Crippen LogP contribution in [-0.2, 0) is 14.8 Å². The average molecular weight is 436 g/mol. The van der Waals surface area contributed by atoms with Crippen molar-refractivity contribution in [2.45, 2.75) is 25.2 Å². The van der Waals surface area contributed by atoms with Gasteiger partial charge in [0.05, 0.1) is 17.2 Å². The average Bonchev–Trinajstić information content (AvgIpc) is 2.78. The Morgan fingerprint density at radius 1 is 0.935 bits per heavy atom. The molecule has 0 aliphatic rings. The summed E-state index contributed by atoms with van der Waals surface area (Å²) in [6, 6.07) is 22.1. The molecule has 160 valence electrons. The summed E-state index contributed by atoms with van der Waals surface area (Å²) < 4.78 is 33.2. The van der Waals surface area contributed by atoms with Gasteiger partial charge in [0.15, 0.2) is 0 Å². The van der Waals surface area contributed by atoms with Gasteiger partial charge < -0.3 is 4.74 Å². The van der Waals surface area contributed by atoms with Crippen molar-refractivity contribution in [3.63, 3.8) is 0 Å². The van der Waals surface area contributed by atoms with Gasteiger partial charge in [-0.15, -0.1) is 0 Å². The molecule has 0 aliphatic heterocycles. The molecule has 0 saturated carbocycles. The first-order valence-corrected chi connectivity index (χ1v) is 11.5. The second kappa shape index (κ2) is 10.1. The number of nitrogens with zero attached hydrogens (tertiary/aromatic N) is 1. The van der Waals surface area contributed by atoms with Crippen LogP contribution in [0, 0.1) is 6.92 Å². The molecule has 0 aromatic heterocycles. The predicted molar refractivity (Wildman–Crippen MR) is 124 cm³/mol. The third-order valence-electron chi connectivity index (χ3n) is 4.54. The number of carbonyl (C=O) groups excluding carboxylic acids is 1. The predicted octanol–water partition coefficient (Wildman–Crippen LogP) is 5.22. The van der Waals surface area contributed by atoms with Crippen LogP contribution in [0.15, 0.2) is 89.8 Å². The van der Waals surface area contributed by atoms with Crippen molar-refractivity contribution >= 4 is 27.7 Å². The molecule has 6 heteroatoms. The molecule has 3 aromatic carbocycles. The zero-order chi connectivity index (χ0) is 22.3. The Bertz CT molecular complexity index is 1150. The quantitative estimate of drug-likeness (QED) is 0.455. The summed E-state index contributed by atoms with van der Waals surface area (Å²) in [6.07, 6.45) is 3.69. The SMILES string of the molecule is CCCOc1ccccc1/C=C/C(=O)N(c1ccccc1)S(=O)(=O)c1ccc(C)cc1. The lowest BCUT2D eigenvalue weighted by Gasteiger charge is -2.21. The van der Waals surface area contributed by atoms with Gasteiger partial charge >= 0.3 is 0 Å². The molecule has 0 spiro atoms. The van der Waals surface area contributed by atoms with Gasteiger partial charge in [0.25, 0.3) is 15.9 Å². The third kappa shape index (κ3) is 5.41. The van der Waals surface area contributed by atoms with Crippen LogP contribution in [-0.4, -0.2) is 20.9 Å². The van der Waals surface area contributed by atoms with E-state index in [-0.39, 0.29) is 10.6 Å². The number of hydrogen-bond acceptors (Lipinski definition) is 4. The normalized spacial score (nSPS) is 11.4. The van der Waals surface area contributed by atoms with Crippen LogP contribution in [0.3, 0.4) is 0 Å². The molecule has 31 heavy (non-hydrogen) atoms. The molecule has 3 aromatic rings. The number of anilines is 1. The highest BCUT2D eigenvalue weighted by atomic mass is 32.2. The fourth-order valence-corrected chi connectivity index (χ4v) is 4.34. The van der Waals surface area contributed by atoms with Crippen LogP contribution in [0.4, 0.5) is 5.69 Å². The first kappa shape index (κ1) is 22.3. The highest BCUT2D eigenvalue weighted by Gasteiger charge is 2.29. The maximum absolute atomic E-state index is 13.4. The maximum atomic E-state index is 13.4. The number of sulfonamides is 1. The van der Waals surface area contributed by atoms with Crippen molar-refractivity contribution in [1.82, 2.24) is 0 Å². The van der Waals surface area contributed by atoms with E-state index in [4.69, 9.17) is 4.74 Å². The number of amides is 1. The highest BCUT2D eigenvalue weighted by molar-refractivity contribution is 7.93. The van der Waals surface area contributed by atoms with Gasteiger partial charge in [0, 0.05) is 11.6 Å². The molecule has 3 rings (SSSR count). The lowest BCUT2D eigenvalue weighted by molar-refractivity contribution is -0.113. The van der Waals surface area contributed by atoms with E-state index in [1.165, 1.54) is 18.2 Å². The number of aryl methyl sites for hydroxylation is 1. The highest BCUT2D eigenvalue weighted by Crippen LogP contribution is 2.25. The van der Waals surface area contributed by atoms with Crippen LogP contribution >= 0.6 is 0 Å². The summed E-state index contributed by atoms with van der Waals surface area (Å²) >= 11 is 0. The van der Waals surface area contributed by atoms with Gasteiger partial charge in [-0.2, -0.15) is 4.31 Å². The van der Waals surface area contributed by atoms with Gasteiger partial charge in [-0.1, -0.05) is 61.0 Å². The van der Waals surface area contributed by atoms with Crippen molar-refractivity contribution in [2.75, 3.05) is 10.9 Å². The molecule has 5 nitrogen and oxygen atoms in total. The first-order valence-electron chi connectivity index (χ1n) is 10.0. The topological polar surface area (TPSA) is 63.7 Å². The molecule has 1 amide bonds. The van der Waals surface area contributed by atoms with E-state index < -0.39 is 15.9 Å². The third-order valence-corrected chi connectivity index (χ3v) is 6.28. The molecular weight excluding hydrogens is 410 g/mol. The molecule has 0 heterocycles. The Morgan fingerprint density at radius 3 is 2.26 bits per heavy atom. The van der Waals surface area contributed by atoms with Crippen LogP contribution in [0.1, 0.15) is 24.5 Å². The van der Waals surface area contributed by atoms with Crippen molar-refractivity contribution in [3.8, 4) is 5.75 Å². The Hall–Kier alpha value is -3.38. The van der Waals surface area contributed by atoms with Gasteiger partial charge in [-0.3, -0.25) is 4.79 Å². The van der Waals surface area contributed by atoms with Gasteiger partial charge in [0.1, 0.15) is 5.75 Å². The molecule has 0 unspecified atom stereocenters. The molecule has 0 bridgehead atoms. The fourth-order valence-electron chi connectivity index (χ4n) is 2.95. The van der Waals surface area contributed by atoms with E-state index in [1.54, 1.807) is 48.5 Å². The molecule has 0 radical (unpaired) electrons. The van der Waals surface area contributed by atoms with Crippen molar-refractivity contribution in [3.05, 3.63) is 96.1 Å².